The molecule has 103 valence electrons. The van der Waals surface area contributed by atoms with Crippen molar-refractivity contribution in [1.29, 1.82) is 0 Å². The van der Waals surface area contributed by atoms with Crippen LogP contribution in [0.2, 0.25) is 0 Å². The van der Waals surface area contributed by atoms with E-state index in [4.69, 9.17) is 17.4 Å². The van der Waals surface area contributed by atoms with Gasteiger partial charge in [-0.15, -0.1) is 7.05 Å². The van der Waals surface area contributed by atoms with E-state index >= 15 is 0 Å². The molecule has 1 atom stereocenters. The topological polar surface area (TPSA) is 47.7 Å². The minimum absolute atomic E-state index is 0. The maximum atomic E-state index is 5.94. The molecule has 2 aliphatic rings. The van der Waals surface area contributed by atoms with Gasteiger partial charge < -0.3 is 28.0 Å². The van der Waals surface area contributed by atoms with E-state index in [0.717, 1.165) is 18.5 Å². The van der Waals surface area contributed by atoms with Gasteiger partial charge in [0.2, 0.25) is 6.35 Å². The summed E-state index contributed by atoms with van der Waals surface area (Å²) in [5.41, 5.74) is 0.853. The van der Waals surface area contributed by atoms with Gasteiger partial charge in [-0.2, -0.15) is 11.1 Å². The molecule has 4 nitrogen and oxygen atoms in total. The smallest absolute Gasteiger partial charge is 0.225 e. The number of ether oxygens (including phenoxy) is 1. The number of allylic oxidation sites excluding steroid dienone is 1. The zero-order valence-electron chi connectivity index (χ0n) is 11.2. The summed E-state index contributed by atoms with van der Waals surface area (Å²) in [7, 11) is 1.71. The molecule has 1 saturated carbocycles. The second kappa shape index (κ2) is 9.06. The molecule has 1 N–H and O–H groups in total. The van der Waals surface area contributed by atoms with E-state index in [1.807, 2.05) is 6.08 Å². The minimum atomic E-state index is -0.309. The monoisotopic (exact) mass is 354 g/mol. The molecule has 0 bridgehead atoms. The van der Waals surface area contributed by atoms with Crippen LogP contribution in [-0.2, 0) is 50.1 Å². The molecule has 1 unspecified atom stereocenters. The van der Waals surface area contributed by atoms with E-state index in [2.05, 4.69) is 15.6 Å². The number of aliphatic imine (C=N–C) groups is 1. The third-order valence-corrected chi connectivity index (χ3v) is 3.45. The van der Waals surface area contributed by atoms with Gasteiger partial charge >= 0.3 is 0 Å². The summed E-state index contributed by atoms with van der Waals surface area (Å²) in [5, 5.41) is 7.11. The maximum Gasteiger partial charge on any atom is 0.225 e. The molecular weight excluding hydrogens is 335 g/mol. The molecule has 19 heavy (non-hydrogen) atoms. The molecule has 1 fully saturated rings. The summed E-state index contributed by atoms with van der Waals surface area (Å²) in [5.74, 6) is 0. The van der Waals surface area contributed by atoms with Crippen molar-refractivity contribution in [3.63, 3.8) is 0 Å². The van der Waals surface area contributed by atoms with Crippen LogP contribution in [0.4, 0.5) is 0 Å². The molecule has 0 aromatic heterocycles. The summed E-state index contributed by atoms with van der Waals surface area (Å²) < 4.78 is 5.94. The van der Waals surface area contributed by atoms with Crippen molar-refractivity contribution < 1.29 is 37.4 Å². The van der Waals surface area contributed by atoms with Crippen molar-refractivity contribution in [2.45, 2.75) is 44.6 Å². The molecule has 0 saturated heterocycles. The van der Waals surface area contributed by atoms with E-state index in [-0.39, 0.29) is 39.1 Å². The Hall–Kier alpha value is 0.0339. The fourth-order valence-corrected chi connectivity index (χ4v) is 2.44. The largest absolute Gasteiger partial charge is 0.779 e. The van der Waals surface area contributed by atoms with Gasteiger partial charge in [-0.3, -0.25) is 0 Å². The van der Waals surface area contributed by atoms with Gasteiger partial charge in [-0.05, 0) is 18.9 Å². The van der Waals surface area contributed by atoms with Gasteiger partial charge in [0.05, 0.1) is 6.10 Å². The number of rotatable bonds is 4. The standard InChI is InChI=1S/C13H20N3OS.Y/c1-14-9-12(18)11-7-8-15-13(16-11)17-10-5-3-2-4-6-10;/h7-10,13H,2-6H2,1H3,(H2-,14,15,16,18);/q-1;/p-1. The molecule has 0 spiro atoms. The van der Waals surface area contributed by atoms with E-state index in [1.165, 1.54) is 19.3 Å². The second-order valence-corrected chi connectivity index (χ2v) is 4.96. The van der Waals surface area contributed by atoms with Crippen LogP contribution in [0.1, 0.15) is 32.1 Å². The number of nitrogens with zero attached hydrogens (tertiary/aromatic N) is 2. The maximum absolute atomic E-state index is 5.94. The van der Waals surface area contributed by atoms with Crippen molar-refractivity contribution in [3.05, 3.63) is 28.2 Å². The van der Waals surface area contributed by atoms with Crippen molar-refractivity contribution in [2.24, 2.45) is 4.99 Å². The van der Waals surface area contributed by atoms with E-state index < -0.39 is 0 Å². The minimum Gasteiger partial charge on any atom is -0.779 e. The molecule has 1 aliphatic heterocycles. The molecule has 0 amide bonds. The molecule has 1 radical (unpaired) electrons. The Morgan fingerprint density at radius 1 is 1.47 bits per heavy atom. The molecule has 6 heteroatoms. The molecule has 2 rings (SSSR count). The van der Waals surface area contributed by atoms with Crippen LogP contribution in [0.25, 0.3) is 5.32 Å². The molecule has 1 heterocycles. The van der Waals surface area contributed by atoms with Crippen LogP contribution in [0.3, 0.4) is 0 Å². The zero-order chi connectivity index (χ0) is 12.8. The van der Waals surface area contributed by atoms with Gasteiger partial charge in [0.1, 0.15) is 0 Å². The van der Waals surface area contributed by atoms with Gasteiger partial charge in [0.15, 0.2) is 0 Å². The first-order chi connectivity index (χ1) is 8.79. The van der Waals surface area contributed by atoms with Crippen molar-refractivity contribution in [3.8, 4) is 0 Å². The van der Waals surface area contributed by atoms with Crippen LogP contribution in [0, 0.1) is 0 Å². The molecule has 0 aromatic rings. The molecule has 1 aliphatic carbocycles. The Bertz CT molecular complexity index is 365. The summed E-state index contributed by atoms with van der Waals surface area (Å²) in [6.45, 7) is 0. The van der Waals surface area contributed by atoms with Crippen molar-refractivity contribution >= 4 is 18.8 Å². The first kappa shape index (κ1) is 17.1. The third-order valence-electron chi connectivity index (χ3n) is 3.13. The van der Waals surface area contributed by atoms with E-state index in [9.17, 15) is 0 Å². The average molecular weight is 354 g/mol. The average Bonchev–Trinajstić information content (AvgIpc) is 2.40. The first-order valence-corrected chi connectivity index (χ1v) is 6.82. The molecule has 0 aromatic carbocycles. The van der Waals surface area contributed by atoms with Crippen LogP contribution in [0.15, 0.2) is 27.9 Å². The van der Waals surface area contributed by atoms with Crippen LogP contribution in [0.5, 0.6) is 0 Å². The van der Waals surface area contributed by atoms with Crippen molar-refractivity contribution in [2.75, 3.05) is 7.05 Å². The summed E-state index contributed by atoms with van der Waals surface area (Å²) in [4.78, 5) is 4.96. The quantitative estimate of drug-likeness (QED) is 0.790. The van der Waals surface area contributed by atoms with Crippen LogP contribution >= 0.6 is 0 Å². The Labute approximate surface area is 145 Å². The predicted molar refractivity (Wildman–Crippen MR) is 76.2 cm³/mol. The Morgan fingerprint density at radius 3 is 2.89 bits per heavy atom. The molecular formula is C13H19N3OSY-2. The summed E-state index contributed by atoms with van der Waals surface area (Å²) >= 11 is 5.23. The van der Waals surface area contributed by atoms with Crippen LogP contribution in [-0.4, -0.2) is 25.7 Å². The Kier molecular flexibility index (Phi) is 8.15. The van der Waals surface area contributed by atoms with E-state index in [0.29, 0.717) is 11.0 Å². The third kappa shape index (κ3) is 5.50. The van der Waals surface area contributed by atoms with Gasteiger partial charge in [0.25, 0.3) is 0 Å². The van der Waals surface area contributed by atoms with Gasteiger partial charge in [0, 0.05) is 44.6 Å². The van der Waals surface area contributed by atoms with Gasteiger partial charge in [-0.25, -0.2) is 4.99 Å². The van der Waals surface area contributed by atoms with Gasteiger partial charge in [-0.1, -0.05) is 19.3 Å². The Balaban J connectivity index is 0.00000180. The fourth-order valence-electron chi connectivity index (χ4n) is 2.21. The summed E-state index contributed by atoms with van der Waals surface area (Å²) in [6.07, 6.45) is 11.4. The van der Waals surface area contributed by atoms with Crippen molar-refractivity contribution in [1.82, 2.24) is 5.32 Å². The zero-order valence-corrected chi connectivity index (χ0v) is 14.9. The number of hydrogen-bond acceptors (Lipinski definition) is 4. The number of nitrogens with one attached hydrogen (secondary N) is 1. The number of hydrogen-bond donors (Lipinski definition) is 1. The second-order valence-electron chi connectivity index (χ2n) is 4.52. The SMILES string of the molecule is C[N-]/C=C(\[S-])C1=CC=NC(OC2CCCCC2)N1.[Y]. The Morgan fingerprint density at radius 2 is 2.21 bits per heavy atom. The predicted octanol–water partition coefficient (Wildman–Crippen LogP) is 2.57. The fraction of sp³-hybridized carbons (Fsp3) is 0.615. The van der Waals surface area contributed by atoms with Crippen LogP contribution < -0.4 is 5.32 Å². The first-order valence-electron chi connectivity index (χ1n) is 6.41. The summed E-state index contributed by atoms with van der Waals surface area (Å²) in [6, 6.07) is 0. The normalized spacial score (nSPS) is 24.2. The van der Waals surface area contributed by atoms with E-state index in [1.54, 1.807) is 19.5 Å².